The maximum Gasteiger partial charge on any atom is 0.226 e. The van der Waals surface area contributed by atoms with E-state index in [9.17, 15) is 4.79 Å². The van der Waals surface area contributed by atoms with Crippen LogP contribution in [0.15, 0.2) is 47.7 Å². The summed E-state index contributed by atoms with van der Waals surface area (Å²) in [4.78, 5) is 15.5. The first-order valence-corrected chi connectivity index (χ1v) is 8.53. The van der Waals surface area contributed by atoms with Crippen LogP contribution in [0.25, 0.3) is 22.2 Å². The predicted molar refractivity (Wildman–Crippen MR) is 96.9 cm³/mol. The lowest BCUT2D eigenvalue weighted by Gasteiger charge is -2.08. The molecular formula is C20H21N3O2. The zero-order valence-electron chi connectivity index (χ0n) is 14.3. The van der Waals surface area contributed by atoms with Gasteiger partial charge in [0.1, 0.15) is 12.0 Å². The van der Waals surface area contributed by atoms with Gasteiger partial charge in [-0.05, 0) is 43.0 Å². The molecule has 5 nitrogen and oxygen atoms in total. The molecule has 2 N–H and O–H groups in total. The van der Waals surface area contributed by atoms with Crippen LogP contribution < -0.4 is 5.32 Å². The molecule has 5 heteroatoms. The minimum Gasteiger partial charge on any atom is -0.364 e. The molecule has 3 aromatic rings. The minimum absolute atomic E-state index is 0.141. The number of amides is 1. The largest absolute Gasteiger partial charge is 0.364 e. The molecule has 0 radical (unpaired) electrons. The van der Waals surface area contributed by atoms with Gasteiger partial charge in [0, 0.05) is 33.6 Å². The highest BCUT2D eigenvalue weighted by Gasteiger charge is 2.44. The summed E-state index contributed by atoms with van der Waals surface area (Å²) in [7, 11) is 0. The summed E-state index contributed by atoms with van der Waals surface area (Å²) in [5.41, 5.74) is 4.89. The number of benzene rings is 1. The third kappa shape index (κ3) is 2.97. The van der Waals surface area contributed by atoms with Gasteiger partial charge in [0.05, 0.1) is 6.54 Å². The van der Waals surface area contributed by atoms with Crippen LogP contribution in [-0.4, -0.2) is 16.0 Å². The Bertz CT molecular complexity index is 933. The standard InChI is InChI=1S/C20H21N3O2/c1-3-4-13-11-18-14(10-16(13)17-5-8-25-23-17)9-15(22-18)12-21-19(24)20(2)6-7-20/h3,5,8-11,22H,1,4,6-7,12H2,2H3,(H,21,24). The second kappa shape index (κ2) is 5.92. The van der Waals surface area contributed by atoms with Crippen molar-refractivity contribution in [3.8, 4) is 11.3 Å². The highest BCUT2D eigenvalue weighted by molar-refractivity contribution is 5.88. The van der Waals surface area contributed by atoms with E-state index in [2.05, 4.69) is 40.2 Å². The second-order valence-electron chi connectivity index (χ2n) is 7.01. The number of H-pyrrole nitrogens is 1. The number of hydrogen-bond acceptors (Lipinski definition) is 3. The van der Waals surface area contributed by atoms with E-state index in [1.807, 2.05) is 19.1 Å². The Morgan fingerprint density at radius 3 is 2.96 bits per heavy atom. The molecule has 1 amide bonds. The van der Waals surface area contributed by atoms with Crippen molar-refractivity contribution in [2.24, 2.45) is 5.41 Å². The molecule has 4 rings (SSSR count). The van der Waals surface area contributed by atoms with E-state index in [0.717, 1.165) is 52.7 Å². The Kier molecular flexibility index (Phi) is 3.71. The van der Waals surface area contributed by atoms with E-state index < -0.39 is 0 Å². The van der Waals surface area contributed by atoms with E-state index in [4.69, 9.17) is 4.52 Å². The Morgan fingerprint density at radius 1 is 1.44 bits per heavy atom. The van der Waals surface area contributed by atoms with Crippen LogP contribution >= 0.6 is 0 Å². The van der Waals surface area contributed by atoms with Crippen LogP contribution in [0.4, 0.5) is 0 Å². The van der Waals surface area contributed by atoms with Crippen LogP contribution in [0.3, 0.4) is 0 Å². The summed E-state index contributed by atoms with van der Waals surface area (Å²) in [6.07, 6.45) is 6.18. The van der Waals surface area contributed by atoms with Gasteiger partial charge in [0.25, 0.3) is 0 Å². The van der Waals surface area contributed by atoms with Crippen molar-refractivity contribution in [2.75, 3.05) is 0 Å². The molecule has 1 aromatic carbocycles. The normalized spacial score (nSPS) is 15.2. The summed E-state index contributed by atoms with van der Waals surface area (Å²) in [6, 6.07) is 8.16. The van der Waals surface area contributed by atoms with Gasteiger partial charge in [-0.2, -0.15) is 0 Å². The lowest BCUT2D eigenvalue weighted by molar-refractivity contribution is -0.125. The van der Waals surface area contributed by atoms with E-state index >= 15 is 0 Å². The number of nitrogens with one attached hydrogen (secondary N) is 2. The quantitative estimate of drug-likeness (QED) is 0.670. The number of aromatic nitrogens is 2. The lowest BCUT2D eigenvalue weighted by Crippen LogP contribution is -2.29. The van der Waals surface area contributed by atoms with E-state index in [1.165, 1.54) is 0 Å². The molecule has 25 heavy (non-hydrogen) atoms. The zero-order chi connectivity index (χ0) is 17.4. The van der Waals surface area contributed by atoms with Gasteiger partial charge in [0.2, 0.25) is 5.91 Å². The van der Waals surface area contributed by atoms with Crippen molar-refractivity contribution >= 4 is 16.8 Å². The molecule has 0 saturated heterocycles. The van der Waals surface area contributed by atoms with Gasteiger partial charge in [0.15, 0.2) is 0 Å². The van der Waals surface area contributed by atoms with Crippen molar-refractivity contribution in [3.05, 3.63) is 54.4 Å². The summed E-state index contributed by atoms with van der Waals surface area (Å²) in [5.74, 6) is 0.141. The van der Waals surface area contributed by atoms with E-state index in [1.54, 1.807) is 6.26 Å². The summed E-state index contributed by atoms with van der Waals surface area (Å²) >= 11 is 0. The molecule has 1 aliphatic carbocycles. The summed E-state index contributed by atoms with van der Waals surface area (Å²) in [6.45, 7) is 6.37. The van der Waals surface area contributed by atoms with Gasteiger partial charge in [-0.3, -0.25) is 4.79 Å². The van der Waals surface area contributed by atoms with E-state index in [0.29, 0.717) is 6.54 Å². The predicted octanol–water partition coefficient (Wildman–Crippen LogP) is 3.97. The summed E-state index contributed by atoms with van der Waals surface area (Å²) in [5, 5.41) is 8.18. The third-order valence-corrected chi connectivity index (χ3v) is 4.97. The van der Waals surface area contributed by atoms with Gasteiger partial charge in [-0.1, -0.05) is 18.2 Å². The molecule has 0 spiro atoms. The van der Waals surface area contributed by atoms with Crippen LogP contribution in [-0.2, 0) is 17.8 Å². The lowest BCUT2D eigenvalue weighted by atomic mass is 10.00. The first-order valence-electron chi connectivity index (χ1n) is 8.53. The number of aromatic amines is 1. The Morgan fingerprint density at radius 2 is 2.28 bits per heavy atom. The minimum atomic E-state index is -0.150. The summed E-state index contributed by atoms with van der Waals surface area (Å²) < 4.78 is 4.99. The number of fused-ring (bicyclic) bond motifs is 1. The van der Waals surface area contributed by atoms with Crippen LogP contribution in [0.1, 0.15) is 31.0 Å². The molecule has 1 saturated carbocycles. The van der Waals surface area contributed by atoms with Crippen molar-refractivity contribution < 1.29 is 9.32 Å². The first-order chi connectivity index (χ1) is 12.1. The fourth-order valence-corrected chi connectivity index (χ4v) is 3.10. The zero-order valence-corrected chi connectivity index (χ0v) is 14.3. The Hall–Kier alpha value is -2.82. The molecular weight excluding hydrogens is 314 g/mol. The Balaban J connectivity index is 1.63. The van der Waals surface area contributed by atoms with E-state index in [-0.39, 0.29) is 11.3 Å². The van der Waals surface area contributed by atoms with Crippen LogP contribution in [0, 0.1) is 5.41 Å². The number of rotatable bonds is 6. The van der Waals surface area contributed by atoms with Gasteiger partial charge in [-0.25, -0.2) is 0 Å². The fraction of sp³-hybridized carbons (Fsp3) is 0.300. The third-order valence-electron chi connectivity index (χ3n) is 4.97. The number of nitrogens with zero attached hydrogens (tertiary/aromatic N) is 1. The molecule has 1 aliphatic rings. The molecule has 0 unspecified atom stereocenters. The highest BCUT2D eigenvalue weighted by Crippen LogP contribution is 2.45. The molecule has 0 bridgehead atoms. The number of allylic oxidation sites excluding steroid dienone is 1. The van der Waals surface area contributed by atoms with Crippen molar-refractivity contribution in [3.63, 3.8) is 0 Å². The van der Waals surface area contributed by atoms with Gasteiger partial charge in [-0.15, -0.1) is 6.58 Å². The first kappa shape index (κ1) is 15.7. The molecule has 2 heterocycles. The van der Waals surface area contributed by atoms with Crippen LogP contribution in [0.5, 0.6) is 0 Å². The monoisotopic (exact) mass is 335 g/mol. The molecule has 1 fully saturated rings. The maximum atomic E-state index is 12.1. The second-order valence-corrected chi connectivity index (χ2v) is 7.01. The SMILES string of the molecule is C=CCc1cc2[nH]c(CNC(=O)C3(C)CC3)cc2cc1-c1ccon1. The molecule has 0 atom stereocenters. The number of carbonyl (C=O) groups is 1. The smallest absolute Gasteiger partial charge is 0.226 e. The highest BCUT2D eigenvalue weighted by atomic mass is 16.5. The molecule has 128 valence electrons. The fourth-order valence-electron chi connectivity index (χ4n) is 3.10. The van der Waals surface area contributed by atoms with Crippen LogP contribution in [0.2, 0.25) is 0 Å². The average molecular weight is 335 g/mol. The average Bonchev–Trinajstić information content (AvgIpc) is 3.03. The van der Waals surface area contributed by atoms with Gasteiger partial charge < -0.3 is 14.8 Å². The number of carbonyl (C=O) groups excluding carboxylic acids is 1. The van der Waals surface area contributed by atoms with Crippen molar-refractivity contribution in [1.82, 2.24) is 15.5 Å². The topological polar surface area (TPSA) is 70.9 Å². The molecule has 2 aromatic heterocycles. The Labute approximate surface area is 146 Å². The van der Waals surface area contributed by atoms with Crippen molar-refractivity contribution in [2.45, 2.75) is 32.7 Å². The number of hydrogen-bond donors (Lipinski definition) is 2. The van der Waals surface area contributed by atoms with Crippen molar-refractivity contribution in [1.29, 1.82) is 0 Å². The van der Waals surface area contributed by atoms with Gasteiger partial charge >= 0.3 is 0 Å². The maximum absolute atomic E-state index is 12.1. The molecule has 0 aliphatic heterocycles.